The number of aromatic amines is 1. The number of fused-ring (bicyclic) bond motifs is 1. The molecule has 3 heterocycles. The van der Waals surface area contributed by atoms with Gasteiger partial charge in [-0.3, -0.25) is 5.10 Å². The van der Waals surface area contributed by atoms with Gasteiger partial charge in [0.25, 0.3) is 0 Å². The van der Waals surface area contributed by atoms with Gasteiger partial charge in [-0.2, -0.15) is 5.10 Å². The van der Waals surface area contributed by atoms with Gasteiger partial charge in [-0.15, -0.1) is 0 Å². The summed E-state index contributed by atoms with van der Waals surface area (Å²) in [5, 5.41) is 9.17. The minimum Gasteiger partial charge on any atom is -0.346 e. The van der Waals surface area contributed by atoms with Gasteiger partial charge in [-0.05, 0) is 26.0 Å². The highest BCUT2D eigenvalue weighted by atomic mass is 35.5. The van der Waals surface area contributed by atoms with Gasteiger partial charge in [0, 0.05) is 19.6 Å². The fraction of sp³-hybridized carbons (Fsp3) is 0.353. The second kappa shape index (κ2) is 5.84. The van der Waals surface area contributed by atoms with Crippen LogP contribution >= 0.6 is 11.6 Å². The van der Waals surface area contributed by atoms with E-state index in [4.69, 9.17) is 11.6 Å². The first-order valence-electron chi connectivity index (χ1n) is 8.08. The summed E-state index contributed by atoms with van der Waals surface area (Å²) >= 11 is 6.40. The predicted octanol–water partition coefficient (Wildman–Crippen LogP) is 3.25. The lowest BCUT2D eigenvalue weighted by atomic mass is 9.98. The van der Waals surface area contributed by atoms with Crippen molar-refractivity contribution in [3.05, 3.63) is 41.4 Å². The third-order valence-electron chi connectivity index (χ3n) is 4.57. The lowest BCUT2D eigenvalue weighted by molar-refractivity contribution is 0.408. The maximum atomic E-state index is 13.1. The van der Waals surface area contributed by atoms with Gasteiger partial charge < -0.3 is 9.80 Å². The molecule has 1 fully saturated rings. The first-order chi connectivity index (χ1) is 12.0. The zero-order chi connectivity index (χ0) is 17.6. The molecule has 0 spiro atoms. The van der Waals surface area contributed by atoms with Crippen LogP contribution in [0.15, 0.2) is 30.6 Å². The third-order valence-corrected chi connectivity index (χ3v) is 4.88. The summed E-state index contributed by atoms with van der Waals surface area (Å²) in [5.74, 6) is 0.962. The van der Waals surface area contributed by atoms with E-state index in [0.717, 1.165) is 23.3 Å². The third kappa shape index (κ3) is 2.78. The number of H-pyrrole nitrogens is 1. The van der Waals surface area contributed by atoms with Crippen LogP contribution in [0, 0.1) is 5.82 Å². The number of nitrogens with zero attached hydrogens (tertiary/aromatic N) is 5. The second-order valence-corrected chi connectivity index (χ2v) is 7.20. The highest BCUT2D eigenvalue weighted by molar-refractivity contribution is 6.36. The van der Waals surface area contributed by atoms with Gasteiger partial charge in [-0.25, -0.2) is 14.4 Å². The van der Waals surface area contributed by atoms with Crippen molar-refractivity contribution in [1.29, 1.82) is 0 Å². The summed E-state index contributed by atoms with van der Waals surface area (Å²) in [7, 11) is 0. The van der Waals surface area contributed by atoms with E-state index in [0.29, 0.717) is 24.1 Å². The first kappa shape index (κ1) is 16.1. The van der Waals surface area contributed by atoms with Crippen molar-refractivity contribution >= 4 is 34.3 Å². The lowest BCUT2D eigenvalue weighted by Crippen LogP contribution is -2.60. The Morgan fingerprint density at radius 1 is 1.20 bits per heavy atom. The van der Waals surface area contributed by atoms with Crippen molar-refractivity contribution in [1.82, 2.24) is 20.2 Å². The van der Waals surface area contributed by atoms with Gasteiger partial charge in [0.1, 0.15) is 0 Å². The Balaban J connectivity index is 1.65. The molecule has 1 N–H and O–H groups in total. The van der Waals surface area contributed by atoms with Crippen LogP contribution in [-0.2, 0) is 0 Å². The molecule has 8 heteroatoms. The van der Waals surface area contributed by atoms with Crippen molar-refractivity contribution in [2.45, 2.75) is 19.4 Å². The average molecular weight is 361 g/mol. The smallest absolute Gasteiger partial charge is 0.225 e. The molecule has 1 saturated heterocycles. The summed E-state index contributed by atoms with van der Waals surface area (Å²) in [6.45, 7) is 6.42. The fourth-order valence-corrected chi connectivity index (χ4v) is 3.65. The molecule has 0 saturated carbocycles. The van der Waals surface area contributed by atoms with Crippen molar-refractivity contribution in [3.63, 3.8) is 0 Å². The van der Waals surface area contributed by atoms with E-state index in [1.165, 1.54) is 12.4 Å². The lowest BCUT2D eigenvalue weighted by Gasteiger charge is -2.47. The number of halogens is 2. The van der Waals surface area contributed by atoms with Gasteiger partial charge in [0.15, 0.2) is 11.6 Å². The van der Waals surface area contributed by atoms with Gasteiger partial charge in [0.05, 0.1) is 33.9 Å². The second-order valence-electron chi connectivity index (χ2n) is 6.80. The molecule has 0 aliphatic carbocycles. The van der Waals surface area contributed by atoms with Crippen molar-refractivity contribution in [3.8, 4) is 0 Å². The number of nitrogens with one attached hydrogen (secondary N) is 1. The molecule has 130 valence electrons. The van der Waals surface area contributed by atoms with Gasteiger partial charge in [-0.1, -0.05) is 17.7 Å². The molecule has 3 aromatic rings. The molecule has 0 amide bonds. The van der Waals surface area contributed by atoms with Crippen LogP contribution in [0.4, 0.5) is 16.2 Å². The van der Waals surface area contributed by atoms with Crippen molar-refractivity contribution < 1.29 is 4.39 Å². The molecule has 2 aromatic heterocycles. The summed E-state index contributed by atoms with van der Waals surface area (Å²) < 4.78 is 13.1. The van der Waals surface area contributed by atoms with E-state index in [-0.39, 0.29) is 5.54 Å². The molecule has 1 aromatic carbocycles. The molecule has 1 aliphatic heterocycles. The summed E-state index contributed by atoms with van der Waals surface area (Å²) in [6.07, 6.45) is 2.39. The zero-order valence-electron chi connectivity index (χ0n) is 14.0. The molecular formula is C17H18ClFN6. The number of piperazine rings is 1. The fourth-order valence-electron chi connectivity index (χ4n) is 3.40. The normalized spacial score (nSPS) is 17.3. The quantitative estimate of drug-likeness (QED) is 0.760. The molecule has 0 radical (unpaired) electrons. The van der Waals surface area contributed by atoms with Crippen LogP contribution < -0.4 is 9.80 Å². The minimum absolute atomic E-state index is 0.225. The van der Waals surface area contributed by atoms with E-state index in [2.05, 4.69) is 43.8 Å². The Hall–Kier alpha value is -2.41. The van der Waals surface area contributed by atoms with Crippen LogP contribution in [0.25, 0.3) is 10.9 Å². The van der Waals surface area contributed by atoms with Crippen molar-refractivity contribution in [2.75, 3.05) is 29.4 Å². The van der Waals surface area contributed by atoms with E-state index in [1.807, 2.05) is 18.2 Å². The minimum atomic E-state index is -0.431. The van der Waals surface area contributed by atoms with Crippen molar-refractivity contribution in [2.24, 2.45) is 0 Å². The van der Waals surface area contributed by atoms with E-state index in [9.17, 15) is 4.39 Å². The monoisotopic (exact) mass is 360 g/mol. The number of hydrogen-bond acceptors (Lipinski definition) is 5. The topological polar surface area (TPSA) is 60.9 Å². The zero-order valence-corrected chi connectivity index (χ0v) is 14.8. The van der Waals surface area contributed by atoms with Crippen LogP contribution in [0.3, 0.4) is 0 Å². The molecule has 0 bridgehead atoms. The van der Waals surface area contributed by atoms with Crippen LogP contribution in [0.1, 0.15) is 13.8 Å². The number of hydrogen-bond donors (Lipinski definition) is 1. The molecule has 6 nitrogen and oxygen atoms in total. The summed E-state index contributed by atoms with van der Waals surface area (Å²) in [6, 6.07) is 5.74. The highest BCUT2D eigenvalue weighted by Gasteiger charge is 2.37. The summed E-state index contributed by atoms with van der Waals surface area (Å²) in [4.78, 5) is 12.5. The molecule has 4 rings (SSSR count). The number of aromatic nitrogens is 4. The Bertz CT molecular complexity index is 907. The largest absolute Gasteiger partial charge is 0.346 e. The number of anilines is 2. The van der Waals surface area contributed by atoms with E-state index >= 15 is 0 Å². The maximum absolute atomic E-state index is 13.1. The number of benzene rings is 1. The molecule has 1 aliphatic rings. The molecule has 25 heavy (non-hydrogen) atoms. The Labute approximate surface area is 149 Å². The van der Waals surface area contributed by atoms with Gasteiger partial charge >= 0.3 is 0 Å². The number of rotatable bonds is 2. The molecule has 0 unspecified atom stereocenters. The Kier molecular flexibility index (Phi) is 3.76. The summed E-state index contributed by atoms with van der Waals surface area (Å²) in [5.41, 5.74) is 0.694. The van der Waals surface area contributed by atoms with Crippen LogP contribution in [-0.4, -0.2) is 45.3 Å². The van der Waals surface area contributed by atoms with Gasteiger partial charge in [0.2, 0.25) is 5.95 Å². The predicted molar refractivity (Wildman–Crippen MR) is 96.7 cm³/mol. The SMILES string of the molecule is CC1(C)CN(c2ncc(F)cn2)CCN1c1n[nH]c2cccc(Cl)c12. The molecular weight excluding hydrogens is 343 g/mol. The Morgan fingerprint density at radius 2 is 1.96 bits per heavy atom. The highest BCUT2D eigenvalue weighted by Crippen LogP contribution is 2.36. The van der Waals surface area contributed by atoms with E-state index < -0.39 is 5.82 Å². The average Bonchev–Trinajstić information content (AvgIpc) is 3.00. The van der Waals surface area contributed by atoms with Crippen LogP contribution in [0.5, 0.6) is 0 Å². The van der Waals surface area contributed by atoms with E-state index in [1.54, 1.807) is 0 Å². The standard InChI is InChI=1S/C17H18ClFN6/c1-17(2)10-24(16-20-8-11(19)9-21-16)6-7-25(17)15-14-12(18)4-3-5-13(14)22-23-15/h3-5,8-9H,6-7,10H2,1-2H3,(H,22,23). The first-order valence-corrected chi connectivity index (χ1v) is 8.46. The molecule has 0 atom stereocenters. The Morgan fingerprint density at radius 3 is 2.68 bits per heavy atom. The van der Waals surface area contributed by atoms with Crippen LogP contribution in [0.2, 0.25) is 5.02 Å². The maximum Gasteiger partial charge on any atom is 0.225 e.